The van der Waals surface area contributed by atoms with Crippen molar-refractivity contribution < 1.29 is 9.59 Å². The molecule has 76 valence electrons. The van der Waals surface area contributed by atoms with E-state index in [0.29, 0.717) is 11.3 Å². The zero-order chi connectivity index (χ0) is 9.92. The average molecular weight is 192 g/mol. The Bertz CT molecular complexity index is 292. The molecule has 0 heterocycles. The Balaban J connectivity index is 2.07. The normalized spacial score (nSPS) is 51.1. The van der Waals surface area contributed by atoms with Crippen LogP contribution in [-0.4, -0.2) is 11.6 Å². The van der Waals surface area contributed by atoms with E-state index in [1.54, 1.807) is 0 Å². The van der Waals surface area contributed by atoms with E-state index < -0.39 is 0 Å². The summed E-state index contributed by atoms with van der Waals surface area (Å²) in [6, 6.07) is 0. The van der Waals surface area contributed by atoms with Gasteiger partial charge in [0.2, 0.25) is 11.6 Å². The summed E-state index contributed by atoms with van der Waals surface area (Å²) < 4.78 is 0. The van der Waals surface area contributed by atoms with Gasteiger partial charge in [-0.15, -0.1) is 0 Å². The van der Waals surface area contributed by atoms with Crippen molar-refractivity contribution in [3.63, 3.8) is 0 Å². The highest BCUT2D eigenvalue weighted by Crippen LogP contribution is 2.55. The first-order valence-electron chi connectivity index (χ1n) is 5.65. The van der Waals surface area contributed by atoms with Crippen molar-refractivity contribution in [3.05, 3.63) is 0 Å². The smallest absolute Gasteiger partial charge is 0.201 e. The Hall–Kier alpha value is -0.660. The number of fused-ring (bicyclic) bond motifs is 1. The number of hydrogen-bond donors (Lipinski definition) is 0. The fraction of sp³-hybridized carbons (Fsp3) is 0.833. The summed E-state index contributed by atoms with van der Waals surface area (Å²) in [4.78, 5) is 23.6. The molecule has 4 rings (SSSR count). The van der Waals surface area contributed by atoms with Crippen LogP contribution in [0.4, 0.5) is 0 Å². The molecule has 0 saturated heterocycles. The van der Waals surface area contributed by atoms with Gasteiger partial charge in [-0.05, 0) is 43.4 Å². The van der Waals surface area contributed by atoms with Crippen molar-refractivity contribution >= 4 is 11.6 Å². The average Bonchev–Trinajstić information content (AvgIpc) is 2.21. The van der Waals surface area contributed by atoms with Crippen LogP contribution in [-0.2, 0) is 9.59 Å². The summed E-state index contributed by atoms with van der Waals surface area (Å²) in [5, 5.41) is 0. The van der Waals surface area contributed by atoms with E-state index in [1.807, 2.05) is 0 Å². The Morgan fingerprint density at radius 1 is 1.00 bits per heavy atom. The van der Waals surface area contributed by atoms with Gasteiger partial charge in [-0.25, -0.2) is 0 Å². The van der Waals surface area contributed by atoms with Crippen LogP contribution in [0.3, 0.4) is 0 Å². The van der Waals surface area contributed by atoms with Crippen LogP contribution in [0.1, 0.15) is 39.0 Å². The van der Waals surface area contributed by atoms with Gasteiger partial charge in [-0.2, -0.15) is 0 Å². The molecular weight excluding hydrogens is 176 g/mol. The van der Waals surface area contributed by atoms with Crippen LogP contribution < -0.4 is 0 Å². The molecule has 0 amide bonds. The van der Waals surface area contributed by atoms with Crippen LogP contribution >= 0.6 is 0 Å². The first-order chi connectivity index (χ1) is 6.57. The van der Waals surface area contributed by atoms with Gasteiger partial charge in [-0.1, -0.05) is 6.92 Å². The van der Waals surface area contributed by atoms with Crippen molar-refractivity contribution in [2.75, 3.05) is 0 Å². The van der Waals surface area contributed by atoms with Gasteiger partial charge < -0.3 is 0 Å². The van der Waals surface area contributed by atoms with Gasteiger partial charge in [0.05, 0.1) is 0 Å². The summed E-state index contributed by atoms with van der Waals surface area (Å²) >= 11 is 0. The van der Waals surface area contributed by atoms with E-state index in [4.69, 9.17) is 0 Å². The zero-order valence-corrected chi connectivity index (χ0v) is 8.58. The van der Waals surface area contributed by atoms with Gasteiger partial charge in [0.1, 0.15) is 0 Å². The molecule has 4 saturated carbocycles. The van der Waals surface area contributed by atoms with Crippen LogP contribution in [0.2, 0.25) is 0 Å². The Morgan fingerprint density at radius 2 is 1.50 bits per heavy atom. The molecule has 2 atom stereocenters. The van der Waals surface area contributed by atoms with Gasteiger partial charge in [0.25, 0.3) is 0 Å². The summed E-state index contributed by atoms with van der Waals surface area (Å²) in [6.07, 6.45) is 5.20. The lowest BCUT2D eigenvalue weighted by molar-refractivity contribution is -0.140. The first-order valence-corrected chi connectivity index (χ1v) is 5.65. The number of carbonyl (C=O) groups is 2. The van der Waals surface area contributed by atoms with Crippen molar-refractivity contribution in [1.82, 2.24) is 0 Å². The zero-order valence-electron chi connectivity index (χ0n) is 8.58. The molecule has 14 heavy (non-hydrogen) atoms. The molecule has 0 aromatic carbocycles. The van der Waals surface area contributed by atoms with Gasteiger partial charge in [0.15, 0.2) is 0 Å². The van der Waals surface area contributed by atoms with Crippen molar-refractivity contribution in [1.29, 1.82) is 0 Å². The van der Waals surface area contributed by atoms with Crippen LogP contribution in [0.15, 0.2) is 0 Å². The van der Waals surface area contributed by atoms with Crippen LogP contribution in [0, 0.1) is 23.2 Å². The fourth-order valence-corrected chi connectivity index (χ4v) is 4.17. The largest absolute Gasteiger partial charge is 0.291 e. The molecule has 0 spiro atoms. The maximum atomic E-state index is 11.8. The second-order valence-electron chi connectivity index (χ2n) is 5.88. The molecule has 2 unspecified atom stereocenters. The highest BCUT2D eigenvalue weighted by Gasteiger charge is 2.52. The molecule has 0 N–H and O–H groups in total. The van der Waals surface area contributed by atoms with Gasteiger partial charge in [-0.3, -0.25) is 9.59 Å². The summed E-state index contributed by atoms with van der Waals surface area (Å²) in [5.41, 5.74) is 0.304. The minimum absolute atomic E-state index is 0.0408. The lowest BCUT2D eigenvalue weighted by atomic mass is 9.59. The topological polar surface area (TPSA) is 34.1 Å². The Kier molecular flexibility index (Phi) is 1.52. The third kappa shape index (κ3) is 1.03. The van der Waals surface area contributed by atoms with Crippen molar-refractivity contribution in [2.45, 2.75) is 39.0 Å². The van der Waals surface area contributed by atoms with Crippen LogP contribution in [0.5, 0.6) is 0 Å². The van der Waals surface area contributed by atoms with E-state index >= 15 is 0 Å². The molecule has 2 heteroatoms. The molecule has 4 aliphatic carbocycles. The van der Waals surface area contributed by atoms with Crippen molar-refractivity contribution in [2.24, 2.45) is 23.2 Å². The van der Waals surface area contributed by atoms with E-state index in [0.717, 1.165) is 25.7 Å². The lowest BCUT2D eigenvalue weighted by Gasteiger charge is -2.45. The first kappa shape index (κ1) is 8.63. The van der Waals surface area contributed by atoms with E-state index in [-0.39, 0.29) is 23.4 Å². The molecular formula is C12H16O2. The maximum Gasteiger partial charge on any atom is 0.201 e. The number of ketones is 2. The second-order valence-corrected chi connectivity index (χ2v) is 5.88. The quantitative estimate of drug-likeness (QED) is 0.550. The second kappa shape index (κ2) is 2.47. The molecule has 2 nitrogen and oxygen atoms in total. The SMILES string of the molecule is CC12CC3CC(C1)C(=O)C(=O)C(C3)C2. The number of carbonyl (C=O) groups excluding carboxylic acids is 2. The standard InChI is InChI=1S/C12H16O2/c1-12-4-7-2-8(5-12)10(13)11(14)9(3-7)6-12/h7-9H,2-6H2,1H3. The maximum absolute atomic E-state index is 11.8. The predicted molar refractivity (Wildman–Crippen MR) is 51.7 cm³/mol. The minimum atomic E-state index is -0.0408. The number of rotatable bonds is 0. The van der Waals surface area contributed by atoms with Gasteiger partial charge >= 0.3 is 0 Å². The predicted octanol–water partition coefficient (Wildman–Crippen LogP) is 1.97. The third-order valence-electron chi connectivity index (χ3n) is 4.48. The van der Waals surface area contributed by atoms with E-state index in [1.165, 1.54) is 6.42 Å². The highest BCUT2D eigenvalue weighted by atomic mass is 16.2. The Morgan fingerprint density at radius 3 is 1.93 bits per heavy atom. The van der Waals surface area contributed by atoms with E-state index in [2.05, 4.69) is 6.92 Å². The summed E-state index contributed by atoms with van der Waals surface area (Å²) in [7, 11) is 0. The van der Waals surface area contributed by atoms with Crippen molar-refractivity contribution in [3.8, 4) is 0 Å². The number of hydrogen-bond acceptors (Lipinski definition) is 2. The molecule has 4 fully saturated rings. The third-order valence-corrected chi connectivity index (χ3v) is 4.48. The molecule has 0 aromatic heterocycles. The highest BCUT2D eigenvalue weighted by molar-refractivity contribution is 6.39. The summed E-state index contributed by atoms with van der Waals surface area (Å²) in [6.45, 7) is 2.27. The number of Topliss-reactive ketones (excluding diaryl/α,β-unsaturated/α-hetero) is 2. The lowest BCUT2D eigenvalue weighted by Crippen LogP contribution is -2.36. The monoisotopic (exact) mass is 192 g/mol. The van der Waals surface area contributed by atoms with Crippen LogP contribution in [0.25, 0.3) is 0 Å². The molecule has 0 radical (unpaired) electrons. The van der Waals surface area contributed by atoms with E-state index in [9.17, 15) is 9.59 Å². The Labute approximate surface area is 84.1 Å². The summed E-state index contributed by atoms with van der Waals surface area (Å²) in [5.74, 6) is 0.743. The fourth-order valence-electron chi connectivity index (χ4n) is 4.17. The molecule has 0 aliphatic heterocycles. The molecule has 0 aromatic rings. The van der Waals surface area contributed by atoms with Gasteiger partial charge in [0, 0.05) is 11.8 Å². The minimum Gasteiger partial charge on any atom is -0.291 e. The molecule has 4 bridgehead atoms. The molecule has 4 aliphatic rings.